The zero-order chi connectivity index (χ0) is 20.7. The Balaban J connectivity index is 1.64. The standard InChI is InChI=1S/C20H16F2N4O3/c1-9-11(20(28)26-13-2-3-24-14(7-23)18(9)13)6-17(27)25-15-8-29-16-5-10(21)4-12(22)19(15)16/h2,4-5,15,24H,3,6,8H2,1H3,(H,25,27)(H,26,28)/t15-/m0/s1. The summed E-state index contributed by atoms with van der Waals surface area (Å²) in [5, 5.41) is 16.0. The Bertz CT molecular complexity index is 1260. The number of nitrogens with zero attached hydrogens (tertiary/aromatic N) is 1. The molecule has 3 heterocycles. The highest BCUT2D eigenvalue weighted by Crippen LogP contribution is 2.35. The lowest BCUT2D eigenvalue weighted by Gasteiger charge is -2.14. The molecule has 148 valence electrons. The van der Waals surface area contributed by atoms with Crippen molar-refractivity contribution < 1.29 is 18.3 Å². The number of nitrogens with one attached hydrogen (secondary N) is 3. The van der Waals surface area contributed by atoms with Gasteiger partial charge in [-0.3, -0.25) is 9.59 Å². The van der Waals surface area contributed by atoms with Gasteiger partial charge in [0.1, 0.15) is 35.8 Å². The van der Waals surface area contributed by atoms with Gasteiger partial charge in [0.15, 0.2) is 0 Å². The average Bonchev–Trinajstić information content (AvgIpc) is 3.07. The normalized spacial score (nSPS) is 16.6. The number of halogens is 2. The van der Waals surface area contributed by atoms with Crippen molar-refractivity contribution in [2.24, 2.45) is 0 Å². The zero-order valence-corrected chi connectivity index (χ0v) is 15.4. The third kappa shape index (κ3) is 3.23. The van der Waals surface area contributed by atoms with E-state index in [1.165, 1.54) is 0 Å². The van der Waals surface area contributed by atoms with Crippen LogP contribution in [0.4, 0.5) is 8.78 Å². The van der Waals surface area contributed by atoms with Crippen LogP contribution in [0.2, 0.25) is 0 Å². The van der Waals surface area contributed by atoms with E-state index in [9.17, 15) is 23.6 Å². The molecule has 1 aromatic heterocycles. The molecule has 4 rings (SSSR count). The number of fused-ring (bicyclic) bond motifs is 2. The first-order valence-electron chi connectivity index (χ1n) is 8.90. The maximum atomic E-state index is 14.1. The van der Waals surface area contributed by atoms with Crippen molar-refractivity contribution in [3.05, 3.63) is 61.4 Å². The molecule has 1 atom stereocenters. The number of pyridine rings is 1. The van der Waals surface area contributed by atoms with E-state index in [1.54, 1.807) is 13.0 Å². The third-order valence-electron chi connectivity index (χ3n) is 5.05. The molecule has 0 radical (unpaired) electrons. The molecular weight excluding hydrogens is 382 g/mol. The van der Waals surface area contributed by atoms with Gasteiger partial charge < -0.3 is 20.4 Å². The topological polar surface area (TPSA) is 107 Å². The molecule has 3 N–H and O–H groups in total. The predicted molar refractivity (Wildman–Crippen MR) is 99.0 cm³/mol. The quantitative estimate of drug-likeness (QED) is 0.662. The minimum Gasteiger partial charge on any atom is -0.490 e. The Hall–Kier alpha value is -3.67. The van der Waals surface area contributed by atoms with E-state index in [-0.39, 0.29) is 29.9 Å². The van der Waals surface area contributed by atoms with Gasteiger partial charge in [0.2, 0.25) is 5.91 Å². The number of hydrogen-bond acceptors (Lipinski definition) is 5. The van der Waals surface area contributed by atoms with Crippen LogP contribution >= 0.6 is 0 Å². The Labute approximate surface area is 163 Å². The van der Waals surface area contributed by atoms with Crippen LogP contribution in [0, 0.1) is 29.9 Å². The summed E-state index contributed by atoms with van der Waals surface area (Å²) in [7, 11) is 0. The number of carbonyl (C=O) groups excluding carboxylic acids is 1. The molecule has 0 saturated carbocycles. The summed E-state index contributed by atoms with van der Waals surface area (Å²) in [5.41, 5.74) is 0.707. The third-order valence-corrected chi connectivity index (χ3v) is 5.05. The fourth-order valence-electron chi connectivity index (χ4n) is 3.71. The number of aromatic amines is 1. The van der Waals surface area contributed by atoms with Gasteiger partial charge in [-0.25, -0.2) is 8.78 Å². The highest BCUT2D eigenvalue weighted by Gasteiger charge is 2.30. The monoisotopic (exact) mass is 398 g/mol. The first-order valence-corrected chi connectivity index (χ1v) is 8.90. The van der Waals surface area contributed by atoms with Crippen molar-refractivity contribution in [2.75, 3.05) is 13.2 Å². The average molecular weight is 398 g/mol. The van der Waals surface area contributed by atoms with Crippen LogP contribution in [-0.2, 0) is 11.2 Å². The summed E-state index contributed by atoms with van der Waals surface area (Å²) in [4.78, 5) is 27.7. The molecule has 0 unspecified atom stereocenters. The molecule has 2 aliphatic heterocycles. The van der Waals surface area contributed by atoms with Gasteiger partial charge in [-0.15, -0.1) is 0 Å². The van der Waals surface area contributed by atoms with Crippen molar-refractivity contribution in [3.63, 3.8) is 0 Å². The second kappa shape index (κ2) is 7.05. The number of carbonyl (C=O) groups is 1. The first-order chi connectivity index (χ1) is 13.9. The molecule has 29 heavy (non-hydrogen) atoms. The van der Waals surface area contributed by atoms with Crippen LogP contribution < -0.4 is 31.5 Å². The van der Waals surface area contributed by atoms with E-state index in [0.29, 0.717) is 28.4 Å². The van der Waals surface area contributed by atoms with Crippen LogP contribution in [0.15, 0.2) is 16.9 Å². The largest absolute Gasteiger partial charge is 0.490 e. The maximum Gasteiger partial charge on any atom is 0.252 e. The molecule has 9 heteroatoms. The van der Waals surface area contributed by atoms with Gasteiger partial charge in [-0.1, -0.05) is 0 Å². The van der Waals surface area contributed by atoms with Crippen LogP contribution in [0.1, 0.15) is 22.7 Å². The Kier molecular flexibility index (Phi) is 4.54. The van der Waals surface area contributed by atoms with Gasteiger partial charge in [-0.2, -0.15) is 5.26 Å². The molecule has 1 aromatic carbocycles. The van der Waals surface area contributed by atoms with E-state index < -0.39 is 29.1 Å². The lowest BCUT2D eigenvalue weighted by Crippen LogP contribution is -2.46. The highest BCUT2D eigenvalue weighted by molar-refractivity contribution is 5.80. The lowest BCUT2D eigenvalue weighted by molar-refractivity contribution is -0.121. The molecule has 0 bridgehead atoms. The number of amides is 1. The van der Waals surface area contributed by atoms with Gasteiger partial charge >= 0.3 is 0 Å². The molecule has 1 amide bonds. The Morgan fingerprint density at radius 1 is 1.41 bits per heavy atom. The van der Waals surface area contributed by atoms with E-state index in [0.717, 1.165) is 12.1 Å². The minimum atomic E-state index is -0.805. The molecule has 0 fully saturated rings. The summed E-state index contributed by atoms with van der Waals surface area (Å²) in [5.74, 6) is -2.04. The molecule has 2 aromatic rings. The van der Waals surface area contributed by atoms with Crippen LogP contribution in [-0.4, -0.2) is 24.0 Å². The minimum absolute atomic E-state index is 0.0355. The molecular formula is C20H16F2N4O3. The number of benzene rings is 1. The second-order valence-corrected chi connectivity index (χ2v) is 6.83. The van der Waals surface area contributed by atoms with E-state index in [2.05, 4.69) is 21.7 Å². The van der Waals surface area contributed by atoms with Crippen LogP contribution in [0.5, 0.6) is 5.75 Å². The lowest BCUT2D eigenvalue weighted by atomic mass is 10.0. The zero-order valence-electron chi connectivity index (χ0n) is 15.4. The van der Waals surface area contributed by atoms with Gasteiger partial charge in [-0.05, 0) is 18.6 Å². The molecule has 7 nitrogen and oxygen atoms in total. The summed E-state index contributed by atoms with van der Waals surface area (Å²) >= 11 is 0. The number of H-pyrrole nitrogens is 1. The number of rotatable bonds is 3. The van der Waals surface area contributed by atoms with Crippen LogP contribution in [0.3, 0.4) is 0 Å². The van der Waals surface area contributed by atoms with E-state index >= 15 is 0 Å². The van der Waals surface area contributed by atoms with Gasteiger partial charge in [0, 0.05) is 34.8 Å². The number of hydrogen-bond donors (Lipinski definition) is 3. The summed E-state index contributed by atoms with van der Waals surface area (Å²) < 4.78 is 32.7. The maximum absolute atomic E-state index is 14.1. The summed E-state index contributed by atoms with van der Waals surface area (Å²) in [6.45, 7) is 2.05. The van der Waals surface area contributed by atoms with Gasteiger partial charge in [0.25, 0.3) is 5.56 Å². The fourth-order valence-corrected chi connectivity index (χ4v) is 3.71. The number of ether oxygens (including phenoxy) is 1. The van der Waals surface area contributed by atoms with E-state index in [4.69, 9.17) is 4.74 Å². The second-order valence-electron chi connectivity index (χ2n) is 6.83. The molecule has 2 aliphatic rings. The predicted octanol–water partition coefficient (Wildman–Crippen LogP) is -0.231. The Morgan fingerprint density at radius 3 is 2.97 bits per heavy atom. The molecule has 0 spiro atoms. The number of aromatic nitrogens is 1. The van der Waals surface area contributed by atoms with Gasteiger partial charge in [0.05, 0.1) is 18.0 Å². The molecule has 0 saturated heterocycles. The van der Waals surface area contributed by atoms with Crippen molar-refractivity contribution >= 4 is 17.7 Å². The van der Waals surface area contributed by atoms with Crippen LogP contribution in [0.25, 0.3) is 11.8 Å². The van der Waals surface area contributed by atoms with Crippen molar-refractivity contribution in [1.29, 1.82) is 5.26 Å². The number of nitriles is 1. The Morgan fingerprint density at radius 2 is 2.21 bits per heavy atom. The first kappa shape index (κ1) is 18.7. The SMILES string of the molecule is Cc1c(CC(=O)N[C@H]2COc3cc(F)cc(F)c32)c(=O)[nH]c2c1=C(C#N)NCC=2. The van der Waals surface area contributed by atoms with Crippen molar-refractivity contribution in [1.82, 2.24) is 15.6 Å². The van der Waals surface area contributed by atoms with Crippen molar-refractivity contribution in [3.8, 4) is 11.8 Å². The fraction of sp³-hybridized carbons (Fsp3) is 0.250. The smallest absolute Gasteiger partial charge is 0.252 e. The molecule has 0 aliphatic carbocycles. The summed E-state index contributed by atoms with van der Waals surface area (Å²) in [6, 6.07) is 3.06. The highest BCUT2D eigenvalue weighted by atomic mass is 19.1. The van der Waals surface area contributed by atoms with Crippen molar-refractivity contribution in [2.45, 2.75) is 19.4 Å². The van der Waals surface area contributed by atoms with E-state index in [1.807, 2.05) is 0 Å². The summed E-state index contributed by atoms with van der Waals surface area (Å²) in [6.07, 6.45) is 1.49.